The molecule has 1 saturated carbocycles. The zero-order valence-electron chi connectivity index (χ0n) is 13.4. The lowest BCUT2D eigenvalue weighted by molar-refractivity contribution is -0.134. The van der Waals surface area contributed by atoms with Gasteiger partial charge in [0.1, 0.15) is 0 Å². The summed E-state index contributed by atoms with van der Waals surface area (Å²) in [5.41, 5.74) is 0. The highest BCUT2D eigenvalue weighted by atomic mass is 16.2. The molecule has 0 bridgehead atoms. The molecule has 3 fully saturated rings. The number of amides is 1. The fraction of sp³-hybridized carbons (Fsp3) is 0.941. The lowest BCUT2D eigenvalue weighted by Gasteiger charge is -2.29. The molecule has 2 saturated heterocycles. The van der Waals surface area contributed by atoms with Crippen LogP contribution in [0.4, 0.5) is 0 Å². The Hall–Kier alpha value is -0.610. The standard InChI is InChI=1S/C17H31N3O/c21-17(16-7-8-18-13-16)20-10-4-9-19(11-12-20)14-15-5-2-1-3-6-15/h15-16,18H,1-14H2. The summed E-state index contributed by atoms with van der Waals surface area (Å²) in [6.45, 7) is 7.36. The van der Waals surface area contributed by atoms with Gasteiger partial charge in [-0.25, -0.2) is 0 Å². The van der Waals surface area contributed by atoms with Crippen molar-refractivity contribution in [2.24, 2.45) is 11.8 Å². The van der Waals surface area contributed by atoms with Crippen molar-refractivity contribution in [1.82, 2.24) is 15.1 Å². The second-order valence-electron chi connectivity index (χ2n) is 7.17. The van der Waals surface area contributed by atoms with Gasteiger partial charge in [0.2, 0.25) is 5.91 Å². The number of carbonyl (C=O) groups is 1. The minimum absolute atomic E-state index is 0.245. The van der Waals surface area contributed by atoms with Crippen LogP contribution in [0.5, 0.6) is 0 Å². The SMILES string of the molecule is O=C(C1CCNC1)N1CCCN(CC2CCCCC2)CC1. The molecule has 4 heteroatoms. The fourth-order valence-corrected chi connectivity index (χ4v) is 4.23. The molecule has 0 aromatic rings. The van der Waals surface area contributed by atoms with Crippen molar-refractivity contribution < 1.29 is 4.79 Å². The largest absolute Gasteiger partial charge is 0.341 e. The zero-order valence-corrected chi connectivity index (χ0v) is 13.4. The third-order valence-electron chi connectivity index (χ3n) is 5.55. The molecule has 0 spiro atoms. The predicted molar refractivity (Wildman–Crippen MR) is 85.2 cm³/mol. The Labute approximate surface area is 129 Å². The first kappa shape index (κ1) is 15.3. The summed E-state index contributed by atoms with van der Waals surface area (Å²) in [5, 5.41) is 3.31. The first-order chi connectivity index (χ1) is 10.3. The Morgan fingerprint density at radius 2 is 1.81 bits per heavy atom. The highest BCUT2D eigenvalue weighted by Crippen LogP contribution is 2.25. The molecular weight excluding hydrogens is 262 g/mol. The number of hydrogen-bond donors (Lipinski definition) is 1. The molecule has 21 heavy (non-hydrogen) atoms. The molecule has 3 rings (SSSR count). The monoisotopic (exact) mass is 293 g/mol. The zero-order chi connectivity index (χ0) is 14.5. The van der Waals surface area contributed by atoms with E-state index in [-0.39, 0.29) is 5.92 Å². The van der Waals surface area contributed by atoms with E-state index in [0.29, 0.717) is 5.91 Å². The molecule has 1 amide bonds. The van der Waals surface area contributed by atoms with Crippen LogP contribution < -0.4 is 5.32 Å². The molecule has 0 aromatic heterocycles. The average Bonchev–Trinajstić information content (AvgIpc) is 2.95. The van der Waals surface area contributed by atoms with Gasteiger partial charge in [-0.2, -0.15) is 0 Å². The Morgan fingerprint density at radius 1 is 0.952 bits per heavy atom. The maximum Gasteiger partial charge on any atom is 0.227 e. The third-order valence-corrected chi connectivity index (χ3v) is 5.55. The minimum Gasteiger partial charge on any atom is -0.341 e. The van der Waals surface area contributed by atoms with E-state index >= 15 is 0 Å². The summed E-state index contributed by atoms with van der Waals surface area (Å²) in [5.74, 6) is 1.56. The topological polar surface area (TPSA) is 35.6 Å². The summed E-state index contributed by atoms with van der Waals surface area (Å²) in [7, 11) is 0. The van der Waals surface area contributed by atoms with Gasteiger partial charge in [0.05, 0.1) is 5.92 Å². The highest BCUT2D eigenvalue weighted by Gasteiger charge is 2.28. The van der Waals surface area contributed by atoms with Crippen molar-refractivity contribution in [1.29, 1.82) is 0 Å². The molecule has 2 heterocycles. The summed E-state index contributed by atoms with van der Waals surface area (Å²) in [6, 6.07) is 0. The van der Waals surface area contributed by atoms with E-state index in [1.54, 1.807) is 0 Å². The van der Waals surface area contributed by atoms with Crippen molar-refractivity contribution in [3.63, 3.8) is 0 Å². The van der Waals surface area contributed by atoms with E-state index < -0.39 is 0 Å². The fourth-order valence-electron chi connectivity index (χ4n) is 4.23. The molecule has 4 nitrogen and oxygen atoms in total. The molecule has 120 valence electrons. The maximum absolute atomic E-state index is 12.5. The van der Waals surface area contributed by atoms with Gasteiger partial charge in [-0.05, 0) is 44.7 Å². The quantitative estimate of drug-likeness (QED) is 0.860. The van der Waals surface area contributed by atoms with E-state index in [1.807, 2.05) is 0 Å². The van der Waals surface area contributed by atoms with Gasteiger partial charge in [-0.15, -0.1) is 0 Å². The lowest BCUT2D eigenvalue weighted by atomic mass is 9.89. The minimum atomic E-state index is 0.245. The van der Waals surface area contributed by atoms with Crippen LogP contribution in [-0.4, -0.2) is 61.5 Å². The predicted octanol–water partition coefficient (Wildman–Crippen LogP) is 1.71. The number of carbonyl (C=O) groups excluding carboxylic acids is 1. The Kier molecular flexibility index (Phi) is 5.53. The van der Waals surface area contributed by atoms with Crippen LogP contribution in [0.25, 0.3) is 0 Å². The van der Waals surface area contributed by atoms with E-state index in [9.17, 15) is 4.79 Å². The van der Waals surface area contributed by atoms with E-state index in [1.165, 1.54) is 45.2 Å². The molecule has 1 atom stereocenters. The third kappa shape index (κ3) is 4.19. The summed E-state index contributed by atoms with van der Waals surface area (Å²) in [4.78, 5) is 17.3. The Bertz CT molecular complexity index is 335. The van der Waals surface area contributed by atoms with E-state index in [2.05, 4.69) is 15.1 Å². The summed E-state index contributed by atoms with van der Waals surface area (Å²) in [6.07, 6.45) is 9.32. The smallest absolute Gasteiger partial charge is 0.227 e. The second kappa shape index (κ2) is 7.59. The van der Waals surface area contributed by atoms with Gasteiger partial charge in [-0.1, -0.05) is 19.3 Å². The van der Waals surface area contributed by atoms with Crippen molar-refractivity contribution in [2.75, 3.05) is 45.8 Å². The van der Waals surface area contributed by atoms with Crippen molar-refractivity contribution in [2.45, 2.75) is 44.9 Å². The Morgan fingerprint density at radius 3 is 2.57 bits per heavy atom. The van der Waals surface area contributed by atoms with Crippen molar-refractivity contribution >= 4 is 5.91 Å². The first-order valence-corrected chi connectivity index (χ1v) is 9.05. The number of nitrogens with zero attached hydrogens (tertiary/aromatic N) is 2. The van der Waals surface area contributed by atoms with Crippen LogP contribution in [0.3, 0.4) is 0 Å². The molecule has 0 radical (unpaired) electrons. The number of rotatable bonds is 3. The number of nitrogens with one attached hydrogen (secondary N) is 1. The van der Waals surface area contributed by atoms with Crippen LogP contribution >= 0.6 is 0 Å². The lowest BCUT2D eigenvalue weighted by Crippen LogP contribution is -2.40. The molecule has 0 aromatic carbocycles. The molecule has 2 aliphatic heterocycles. The van der Waals surface area contributed by atoms with Gasteiger partial charge in [0.25, 0.3) is 0 Å². The van der Waals surface area contributed by atoms with Gasteiger partial charge in [-0.3, -0.25) is 4.79 Å². The highest BCUT2D eigenvalue weighted by molar-refractivity contribution is 5.79. The molecular formula is C17H31N3O. The van der Waals surface area contributed by atoms with E-state index in [0.717, 1.165) is 51.5 Å². The van der Waals surface area contributed by atoms with Gasteiger partial charge in [0.15, 0.2) is 0 Å². The van der Waals surface area contributed by atoms with Crippen LogP contribution in [0.1, 0.15) is 44.9 Å². The van der Waals surface area contributed by atoms with Crippen LogP contribution in [0.15, 0.2) is 0 Å². The summed E-state index contributed by atoms with van der Waals surface area (Å²) >= 11 is 0. The van der Waals surface area contributed by atoms with Crippen molar-refractivity contribution in [3.8, 4) is 0 Å². The molecule has 3 aliphatic rings. The van der Waals surface area contributed by atoms with E-state index in [4.69, 9.17) is 0 Å². The van der Waals surface area contributed by atoms with Crippen LogP contribution in [-0.2, 0) is 4.79 Å². The van der Waals surface area contributed by atoms with Gasteiger partial charge < -0.3 is 15.1 Å². The van der Waals surface area contributed by atoms with Crippen LogP contribution in [0.2, 0.25) is 0 Å². The van der Waals surface area contributed by atoms with Gasteiger partial charge >= 0.3 is 0 Å². The molecule has 1 N–H and O–H groups in total. The first-order valence-electron chi connectivity index (χ1n) is 9.05. The molecule has 1 aliphatic carbocycles. The van der Waals surface area contributed by atoms with Crippen molar-refractivity contribution in [3.05, 3.63) is 0 Å². The molecule has 1 unspecified atom stereocenters. The Balaban J connectivity index is 1.45. The second-order valence-corrected chi connectivity index (χ2v) is 7.17. The number of hydrogen-bond acceptors (Lipinski definition) is 3. The van der Waals surface area contributed by atoms with Gasteiger partial charge in [0, 0.05) is 32.7 Å². The maximum atomic E-state index is 12.5. The average molecular weight is 293 g/mol. The summed E-state index contributed by atoms with van der Waals surface area (Å²) < 4.78 is 0. The normalized spacial score (nSPS) is 29.5. The van der Waals surface area contributed by atoms with Crippen LogP contribution in [0, 0.1) is 11.8 Å².